The highest BCUT2D eigenvalue weighted by Gasteiger charge is 2.32. The summed E-state index contributed by atoms with van der Waals surface area (Å²) in [5.41, 5.74) is 1.49. The molecule has 0 bridgehead atoms. The first-order valence-electron chi connectivity index (χ1n) is 9.18. The van der Waals surface area contributed by atoms with Gasteiger partial charge in [-0.25, -0.2) is 0 Å². The Hall–Kier alpha value is -3.43. The lowest BCUT2D eigenvalue weighted by molar-refractivity contribution is -0.384. The summed E-state index contributed by atoms with van der Waals surface area (Å²) in [7, 11) is 1.44. The van der Waals surface area contributed by atoms with Gasteiger partial charge in [-0.2, -0.15) is 0 Å². The predicted molar refractivity (Wildman–Crippen MR) is 123 cm³/mol. The first-order chi connectivity index (χ1) is 15.0. The van der Waals surface area contributed by atoms with E-state index in [0.717, 1.165) is 5.56 Å². The standard InChI is InChI=1S/C22H16N2O5S2/c1-28-19-11-15(24(26)27)7-9-17(19)18-10-8-16(29-18)12-20-21(25)23(22(30)31-20)13-14-5-3-2-4-6-14/h2-12H,13H2,1H3/b20-12+. The number of amides is 1. The third-order valence-corrected chi connectivity index (χ3v) is 6.00. The fraction of sp³-hybridized carbons (Fsp3) is 0.0909. The molecule has 31 heavy (non-hydrogen) atoms. The Kier molecular flexibility index (Phi) is 5.88. The number of hydrogen-bond donors (Lipinski definition) is 0. The molecule has 1 aromatic heterocycles. The number of rotatable bonds is 6. The summed E-state index contributed by atoms with van der Waals surface area (Å²) in [6.45, 7) is 0.409. The van der Waals surface area contributed by atoms with Gasteiger partial charge in [0.05, 0.1) is 35.1 Å². The van der Waals surface area contributed by atoms with Gasteiger partial charge in [-0.05, 0) is 23.8 Å². The molecule has 2 heterocycles. The predicted octanol–water partition coefficient (Wildman–Crippen LogP) is 5.26. The molecule has 0 saturated carbocycles. The third kappa shape index (κ3) is 4.37. The van der Waals surface area contributed by atoms with Crippen LogP contribution < -0.4 is 4.74 Å². The molecule has 0 unspecified atom stereocenters. The second-order valence-electron chi connectivity index (χ2n) is 6.60. The van der Waals surface area contributed by atoms with Crippen LogP contribution in [0.2, 0.25) is 0 Å². The molecular formula is C22H16N2O5S2. The third-order valence-electron chi connectivity index (χ3n) is 4.62. The average molecular weight is 453 g/mol. The van der Waals surface area contributed by atoms with Crippen LogP contribution in [0.25, 0.3) is 17.4 Å². The number of thiocarbonyl (C=S) groups is 1. The van der Waals surface area contributed by atoms with Crippen LogP contribution in [-0.2, 0) is 11.3 Å². The topological polar surface area (TPSA) is 85.8 Å². The van der Waals surface area contributed by atoms with E-state index in [9.17, 15) is 14.9 Å². The van der Waals surface area contributed by atoms with Crippen molar-refractivity contribution in [2.24, 2.45) is 0 Å². The van der Waals surface area contributed by atoms with Crippen LogP contribution in [0.3, 0.4) is 0 Å². The second-order valence-corrected chi connectivity index (χ2v) is 8.27. The molecule has 4 rings (SSSR count). The Morgan fingerprint density at radius 2 is 1.97 bits per heavy atom. The van der Waals surface area contributed by atoms with Crippen LogP contribution in [0.4, 0.5) is 5.69 Å². The van der Waals surface area contributed by atoms with E-state index in [1.807, 2.05) is 30.3 Å². The van der Waals surface area contributed by atoms with Crippen LogP contribution >= 0.6 is 24.0 Å². The summed E-state index contributed by atoms with van der Waals surface area (Å²) in [5.74, 6) is 1.09. The Balaban J connectivity index is 1.57. The average Bonchev–Trinajstić information content (AvgIpc) is 3.34. The van der Waals surface area contributed by atoms with Gasteiger partial charge in [0.1, 0.15) is 21.6 Å². The van der Waals surface area contributed by atoms with Crippen molar-refractivity contribution in [2.45, 2.75) is 6.54 Å². The first-order valence-corrected chi connectivity index (χ1v) is 10.4. The molecule has 1 aliphatic rings. The van der Waals surface area contributed by atoms with Crippen molar-refractivity contribution in [1.29, 1.82) is 0 Å². The van der Waals surface area contributed by atoms with E-state index < -0.39 is 4.92 Å². The van der Waals surface area contributed by atoms with E-state index in [1.165, 1.54) is 31.0 Å². The lowest BCUT2D eigenvalue weighted by Gasteiger charge is -2.14. The second kappa shape index (κ2) is 8.75. The van der Waals surface area contributed by atoms with Gasteiger partial charge in [0.15, 0.2) is 0 Å². The van der Waals surface area contributed by atoms with Crippen LogP contribution in [-0.4, -0.2) is 27.2 Å². The number of carbonyl (C=O) groups excluding carboxylic acids is 1. The van der Waals surface area contributed by atoms with Gasteiger partial charge in [0, 0.05) is 12.1 Å². The Morgan fingerprint density at radius 1 is 1.19 bits per heavy atom. The fourth-order valence-electron chi connectivity index (χ4n) is 3.10. The molecular weight excluding hydrogens is 436 g/mol. The van der Waals surface area contributed by atoms with Crippen molar-refractivity contribution in [3.8, 4) is 17.1 Å². The van der Waals surface area contributed by atoms with Crippen molar-refractivity contribution >= 4 is 46.0 Å². The molecule has 0 N–H and O–H groups in total. The van der Waals surface area contributed by atoms with Crippen molar-refractivity contribution in [3.05, 3.63) is 87.0 Å². The molecule has 0 atom stereocenters. The summed E-state index contributed by atoms with van der Waals surface area (Å²) >= 11 is 6.61. The lowest BCUT2D eigenvalue weighted by Crippen LogP contribution is -2.27. The zero-order valence-electron chi connectivity index (χ0n) is 16.3. The molecule has 7 nitrogen and oxygen atoms in total. The first kappa shape index (κ1) is 20.8. The highest BCUT2D eigenvalue weighted by atomic mass is 32.2. The largest absolute Gasteiger partial charge is 0.496 e. The maximum Gasteiger partial charge on any atom is 0.273 e. The molecule has 1 amide bonds. The van der Waals surface area contributed by atoms with Gasteiger partial charge in [-0.1, -0.05) is 54.3 Å². The maximum atomic E-state index is 12.8. The summed E-state index contributed by atoms with van der Waals surface area (Å²) in [4.78, 5) is 25.4. The summed E-state index contributed by atoms with van der Waals surface area (Å²) in [6.07, 6.45) is 1.64. The van der Waals surface area contributed by atoms with E-state index in [-0.39, 0.29) is 11.6 Å². The van der Waals surface area contributed by atoms with E-state index in [1.54, 1.807) is 29.2 Å². The quantitative estimate of drug-likeness (QED) is 0.218. The highest BCUT2D eigenvalue weighted by molar-refractivity contribution is 8.26. The van der Waals surface area contributed by atoms with Gasteiger partial charge in [0.2, 0.25) is 0 Å². The smallest absolute Gasteiger partial charge is 0.273 e. The molecule has 2 aromatic carbocycles. The van der Waals surface area contributed by atoms with Crippen LogP contribution in [0, 0.1) is 10.1 Å². The monoisotopic (exact) mass is 452 g/mol. The minimum Gasteiger partial charge on any atom is -0.496 e. The minimum absolute atomic E-state index is 0.0746. The maximum absolute atomic E-state index is 12.8. The van der Waals surface area contributed by atoms with E-state index in [4.69, 9.17) is 21.4 Å². The normalized spacial score (nSPS) is 15.0. The number of ether oxygens (including phenoxy) is 1. The number of methoxy groups -OCH3 is 1. The number of non-ortho nitro benzene ring substituents is 1. The molecule has 3 aromatic rings. The van der Waals surface area contributed by atoms with E-state index in [0.29, 0.717) is 38.6 Å². The fourth-order valence-corrected chi connectivity index (χ4v) is 4.34. The molecule has 0 aliphatic carbocycles. The number of hydrogen-bond acceptors (Lipinski definition) is 7. The number of nitro benzene ring substituents is 1. The van der Waals surface area contributed by atoms with Gasteiger partial charge >= 0.3 is 0 Å². The summed E-state index contributed by atoms with van der Waals surface area (Å²) in [5, 5.41) is 11.0. The van der Waals surface area contributed by atoms with Gasteiger partial charge < -0.3 is 9.15 Å². The summed E-state index contributed by atoms with van der Waals surface area (Å²) < 4.78 is 11.6. The molecule has 0 spiro atoms. The van der Waals surface area contributed by atoms with Crippen molar-refractivity contribution < 1.29 is 18.9 Å². The zero-order chi connectivity index (χ0) is 22.0. The zero-order valence-corrected chi connectivity index (χ0v) is 17.9. The number of benzene rings is 2. The molecule has 1 aliphatic heterocycles. The van der Waals surface area contributed by atoms with E-state index in [2.05, 4.69) is 0 Å². The molecule has 1 fully saturated rings. The SMILES string of the molecule is COc1cc([N+](=O)[O-])ccc1-c1ccc(/C=C2/SC(=S)N(Cc3ccccc3)C2=O)o1. The Labute approximate surface area is 187 Å². The summed E-state index contributed by atoms with van der Waals surface area (Å²) in [6, 6.07) is 17.4. The van der Waals surface area contributed by atoms with Crippen molar-refractivity contribution in [3.63, 3.8) is 0 Å². The minimum atomic E-state index is -0.489. The molecule has 1 saturated heterocycles. The van der Waals surface area contributed by atoms with Crippen LogP contribution in [0.1, 0.15) is 11.3 Å². The van der Waals surface area contributed by atoms with Crippen molar-refractivity contribution in [1.82, 2.24) is 4.90 Å². The number of nitro groups is 1. The van der Waals surface area contributed by atoms with Crippen molar-refractivity contribution in [2.75, 3.05) is 7.11 Å². The number of thioether (sulfide) groups is 1. The van der Waals surface area contributed by atoms with Gasteiger partial charge in [-0.3, -0.25) is 19.8 Å². The number of carbonyl (C=O) groups is 1. The Bertz CT molecular complexity index is 1200. The molecule has 9 heteroatoms. The Morgan fingerprint density at radius 3 is 2.68 bits per heavy atom. The number of nitrogens with zero attached hydrogens (tertiary/aromatic N) is 2. The molecule has 0 radical (unpaired) electrons. The van der Waals surface area contributed by atoms with Gasteiger partial charge in [0.25, 0.3) is 11.6 Å². The van der Waals surface area contributed by atoms with E-state index >= 15 is 0 Å². The number of furan rings is 1. The molecule has 156 valence electrons. The van der Waals surface area contributed by atoms with Gasteiger partial charge in [-0.15, -0.1) is 0 Å². The highest BCUT2D eigenvalue weighted by Crippen LogP contribution is 2.37. The lowest BCUT2D eigenvalue weighted by atomic mass is 10.1. The van der Waals surface area contributed by atoms with Crippen LogP contribution in [0.15, 0.2) is 70.0 Å². The van der Waals surface area contributed by atoms with Crippen LogP contribution in [0.5, 0.6) is 5.75 Å².